The molecule has 31 heavy (non-hydrogen) atoms. The molecule has 0 saturated carbocycles. The summed E-state index contributed by atoms with van der Waals surface area (Å²) in [6, 6.07) is 16.1. The molecule has 0 bridgehead atoms. The van der Waals surface area contributed by atoms with E-state index in [1.54, 1.807) is 18.2 Å². The monoisotopic (exact) mass is 467 g/mol. The van der Waals surface area contributed by atoms with Crippen LogP contribution in [0.5, 0.6) is 0 Å². The highest BCUT2D eigenvalue weighted by molar-refractivity contribution is 8.00. The van der Waals surface area contributed by atoms with Crippen LogP contribution in [0.4, 0.5) is 24.5 Å². The third kappa shape index (κ3) is 5.08. The number of sulfonamides is 1. The smallest absolute Gasteiger partial charge is 0.368 e. The van der Waals surface area contributed by atoms with E-state index in [1.165, 1.54) is 24.3 Å². The maximum absolute atomic E-state index is 13.5. The quantitative estimate of drug-likeness (QED) is 0.535. The summed E-state index contributed by atoms with van der Waals surface area (Å²) in [7, 11) is -4.08. The molecule has 3 aromatic rings. The van der Waals surface area contributed by atoms with Gasteiger partial charge in [-0.25, -0.2) is 8.42 Å². The Morgan fingerprint density at radius 1 is 0.968 bits per heavy atom. The first kappa shape index (κ1) is 21.8. The fraction of sp³-hybridized carbons (Fsp3) is 0.238. The minimum Gasteiger partial charge on any atom is -0.368 e. The second-order valence-corrected chi connectivity index (χ2v) is 9.81. The maximum Gasteiger partial charge on any atom is 0.446 e. The second kappa shape index (κ2) is 8.60. The Hall–Kier alpha value is -2.43. The van der Waals surface area contributed by atoms with E-state index in [4.69, 9.17) is 0 Å². The average Bonchev–Trinajstić information content (AvgIpc) is 2.72. The van der Waals surface area contributed by atoms with Crippen molar-refractivity contribution in [3.63, 3.8) is 0 Å². The molecule has 1 heterocycles. The third-order valence-electron chi connectivity index (χ3n) is 4.91. The number of benzene rings is 3. The number of alkyl halides is 3. The Balaban J connectivity index is 1.77. The van der Waals surface area contributed by atoms with Crippen LogP contribution in [0, 0.1) is 0 Å². The highest BCUT2D eigenvalue weighted by atomic mass is 32.2. The van der Waals surface area contributed by atoms with Gasteiger partial charge in [-0.2, -0.15) is 13.2 Å². The lowest BCUT2D eigenvalue weighted by Gasteiger charge is -2.31. The van der Waals surface area contributed by atoms with Crippen LogP contribution >= 0.6 is 11.8 Å². The van der Waals surface area contributed by atoms with Gasteiger partial charge in [0, 0.05) is 42.1 Å². The van der Waals surface area contributed by atoms with Gasteiger partial charge in [0.05, 0.1) is 5.69 Å². The highest BCUT2D eigenvalue weighted by Gasteiger charge is 2.30. The predicted molar refractivity (Wildman–Crippen MR) is 118 cm³/mol. The van der Waals surface area contributed by atoms with Gasteiger partial charge < -0.3 is 10.2 Å². The van der Waals surface area contributed by atoms with E-state index in [9.17, 15) is 21.6 Å². The average molecular weight is 468 g/mol. The van der Waals surface area contributed by atoms with Gasteiger partial charge in [-0.3, -0.25) is 4.72 Å². The molecule has 0 amide bonds. The van der Waals surface area contributed by atoms with E-state index in [-0.39, 0.29) is 27.2 Å². The number of hydrogen-bond acceptors (Lipinski definition) is 5. The number of halogens is 3. The Morgan fingerprint density at radius 3 is 2.45 bits per heavy atom. The largest absolute Gasteiger partial charge is 0.446 e. The van der Waals surface area contributed by atoms with Crippen LogP contribution in [-0.2, 0) is 10.0 Å². The SMILES string of the molecule is O=S(=O)(Nc1cccc(SC(F)(F)F)c1)c1c(N2CCNCC2)ccc2ccccc12. The molecule has 2 N–H and O–H groups in total. The fourth-order valence-electron chi connectivity index (χ4n) is 3.63. The fourth-order valence-corrected chi connectivity index (χ4v) is 5.72. The number of anilines is 2. The lowest BCUT2D eigenvalue weighted by atomic mass is 10.1. The Bertz CT molecular complexity index is 1190. The number of hydrogen-bond donors (Lipinski definition) is 2. The molecule has 0 unspecified atom stereocenters. The van der Waals surface area contributed by atoms with Gasteiger partial charge in [-0.15, -0.1) is 0 Å². The van der Waals surface area contributed by atoms with Crippen molar-refractivity contribution in [2.24, 2.45) is 0 Å². The van der Waals surface area contributed by atoms with Gasteiger partial charge in [-0.05, 0) is 41.4 Å². The van der Waals surface area contributed by atoms with Crippen molar-refractivity contribution in [3.05, 3.63) is 60.7 Å². The summed E-state index contributed by atoms with van der Waals surface area (Å²) < 4.78 is 67.6. The summed E-state index contributed by atoms with van der Waals surface area (Å²) in [4.78, 5) is 2.04. The molecule has 3 aromatic carbocycles. The van der Waals surface area contributed by atoms with E-state index in [2.05, 4.69) is 10.0 Å². The lowest BCUT2D eigenvalue weighted by molar-refractivity contribution is -0.0328. The van der Waals surface area contributed by atoms with Crippen molar-refractivity contribution in [2.45, 2.75) is 15.3 Å². The summed E-state index contributed by atoms with van der Waals surface area (Å²) in [5.74, 6) is 0. The molecule has 10 heteroatoms. The molecular weight excluding hydrogens is 447 g/mol. The minimum absolute atomic E-state index is 0.0773. The first-order valence-electron chi connectivity index (χ1n) is 9.59. The van der Waals surface area contributed by atoms with Gasteiger partial charge in [-0.1, -0.05) is 36.4 Å². The summed E-state index contributed by atoms with van der Waals surface area (Å²) in [6.45, 7) is 2.77. The summed E-state index contributed by atoms with van der Waals surface area (Å²) >= 11 is -0.285. The van der Waals surface area contributed by atoms with E-state index in [0.717, 1.165) is 18.5 Å². The predicted octanol–water partition coefficient (Wildman–Crippen LogP) is 4.66. The minimum atomic E-state index is -4.46. The molecule has 5 nitrogen and oxygen atoms in total. The number of rotatable bonds is 5. The van der Waals surface area contributed by atoms with Crippen molar-refractivity contribution < 1.29 is 21.6 Å². The van der Waals surface area contributed by atoms with Crippen LogP contribution in [0.3, 0.4) is 0 Å². The van der Waals surface area contributed by atoms with Gasteiger partial charge in [0.25, 0.3) is 10.0 Å². The van der Waals surface area contributed by atoms with Crippen LogP contribution in [-0.4, -0.2) is 40.1 Å². The number of piperazine rings is 1. The van der Waals surface area contributed by atoms with E-state index in [1.807, 2.05) is 23.1 Å². The first-order valence-corrected chi connectivity index (χ1v) is 11.9. The number of thioether (sulfide) groups is 1. The lowest BCUT2D eigenvalue weighted by Crippen LogP contribution is -2.44. The molecule has 0 atom stereocenters. The van der Waals surface area contributed by atoms with E-state index >= 15 is 0 Å². The molecule has 0 spiro atoms. The molecule has 1 aliphatic heterocycles. The van der Waals surface area contributed by atoms with Crippen LogP contribution in [0.2, 0.25) is 0 Å². The molecule has 0 radical (unpaired) electrons. The molecule has 0 aliphatic carbocycles. The maximum atomic E-state index is 13.5. The van der Waals surface area contributed by atoms with Crippen molar-refractivity contribution in [2.75, 3.05) is 35.8 Å². The van der Waals surface area contributed by atoms with Gasteiger partial charge in [0.1, 0.15) is 4.90 Å². The first-order chi connectivity index (χ1) is 14.7. The van der Waals surface area contributed by atoms with Crippen LogP contribution in [0.15, 0.2) is 70.5 Å². The van der Waals surface area contributed by atoms with Crippen molar-refractivity contribution in [1.82, 2.24) is 5.32 Å². The van der Waals surface area contributed by atoms with E-state index in [0.29, 0.717) is 24.2 Å². The second-order valence-electron chi connectivity index (χ2n) is 7.05. The zero-order valence-electron chi connectivity index (χ0n) is 16.3. The standard InChI is InChI=1S/C21H20F3N3O2S2/c22-21(23,24)30-17-6-3-5-16(14-17)26-31(28,29)20-18-7-2-1-4-15(18)8-9-19(20)27-12-10-25-11-13-27/h1-9,14,25-26H,10-13H2. The molecule has 1 saturated heterocycles. The Labute approximate surface area is 182 Å². The van der Waals surface area contributed by atoms with Crippen molar-refractivity contribution in [3.8, 4) is 0 Å². The van der Waals surface area contributed by atoms with Gasteiger partial charge in [0.15, 0.2) is 0 Å². The van der Waals surface area contributed by atoms with Crippen molar-refractivity contribution in [1.29, 1.82) is 0 Å². The third-order valence-corrected chi connectivity index (χ3v) is 7.10. The molecule has 164 valence electrons. The normalized spacial score (nSPS) is 15.3. The van der Waals surface area contributed by atoms with Crippen LogP contribution in [0.25, 0.3) is 10.8 Å². The molecule has 0 aromatic heterocycles. The Kier molecular flexibility index (Phi) is 6.05. The van der Waals surface area contributed by atoms with Crippen LogP contribution in [0.1, 0.15) is 0 Å². The highest BCUT2D eigenvalue weighted by Crippen LogP contribution is 2.38. The molecular formula is C21H20F3N3O2S2. The van der Waals surface area contributed by atoms with Crippen molar-refractivity contribution >= 4 is 43.9 Å². The van der Waals surface area contributed by atoms with Gasteiger partial charge >= 0.3 is 5.51 Å². The Morgan fingerprint density at radius 2 is 1.71 bits per heavy atom. The molecule has 1 fully saturated rings. The number of nitrogens with one attached hydrogen (secondary N) is 2. The summed E-state index contributed by atoms with van der Waals surface area (Å²) in [5, 5.41) is 4.57. The summed E-state index contributed by atoms with van der Waals surface area (Å²) in [6.07, 6.45) is 0. The number of fused-ring (bicyclic) bond motifs is 1. The van der Waals surface area contributed by atoms with Gasteiger partial charge in [0.2, 0.25) is 0 Å². The molecule has 1 aliphatic rings. The summed E-state index contributed by atoms with van der Waals surface area (Å²) in [5.41, 5.74) is -3.80. The van der Waals surface area contributed by atoms with E-state index < -0.39 is 15.5 Å². The topological polar surface area (TPSA) is 61.4 Å². The van der Waals surface area contributed by atoms with Crippen LogP contribution < -0.4 is 14.9 Å². The zero-order valence-corrected chi connectivity index (χ0v) is 17.9. The number of nitrogens with zero attached hydrogens (tertiary/aromatic N) is 1. The zero-order chi connectivity index (χ0) is 22.1. The molecule has 4 rings (SSSR count).